The Bertz CT molecular complexity index is 2330. The van der Waals surface area contributed by atoms with E-state index >= 15 is 0 Å². The smallest absolute Gasteiger partial charge is 0.311 e. The summed E-state index contributed by atoms with van der Waals surface area (Å²) in [5.74, 6) is 1.23. The van der Waals surface area contributed by atoms with Gasteiger partial charge in [0.2, 0.25) is 0 Å². The zero-order valence-electron chi connectivity index (χ0n) is 47.9. The topological polar surface area (TPSA) is 210 Å². The van der Waals surface area contributed by atoms with E-state index in [1.807, 2.05) is 24.3 Å². The van der Waals surface area contributed by atoms with Crippen LogP contribution in [0.4, 0.5) is 44.2 Å². The van der Waals surface area contributed by atoms with Crippen LogP contribution < -0.4 is 50.4 Å². The van der Waals surface area contributed by atoms with E-state index in [0.29, 0.717) is 35.2 Å². The Hall–Kier alpha value is -6.39. The fourth-order valence-electron chi connectivity index (χ4n) is 9.85. The largest absolute Gasteiger partial charge is 0.495 e. The molecule has 4 aromatic carbocycles. The molecule has 4 saturated heterocycles. The number of anilines is 5. The van der Waals surface area contributed by atoms with Gasteiger partial charge in [0.25, 0.3) is 0 Å². The van der Waals surface area contributed by atoms with Gasteiger partial charge in [-0.25, -0.2) is 4.39 Å². The minimum absolute atomic E-state index is 0.0134. The highest BCUT2D eigenvalue weighted by molar-refractivity contribution is 5.64. The van der Waals surface area contributed by atoms with Crippen LogP contribution in [0.15, 0.2) is 72.8 Å². The van der Waals surface area contributed by atoms with Gasteiger partial charge in [-0.3, -0.25) is 20.2 Å². The van der Waals surface area contributed by atoms with Gasteiger partial charge in [-0.05, 0) is 157 Å². The van der Waals surface area contributed by atoms with E-state index in [1.165, 1.54) is 83.3 Å². The first-order chi connectivity index (χ1) is 36.7. The molecular formula is C56H89FN12O8. The fourth-order valence-corrected chi connectivity index (χ4v) is 9.85. The molecule has 0 saturated carbocycles. The lowest BCUT2D eigenvalue weighted by atomic mass is 10.0. The molecule has 21 heteroatoms. The molecular weight excluding hydrogens is 988 g/mol. The summed E-state index contributed by atoms with van der Waals surface area (Å²) in [6, 6.07) is 23.0. The standard InChI is InChI=1S/C14H21N3O3.2C14H23N3O.C7H6FNO3.C7H16N2/c1-15(2)11-6-8-16(9-7-11)12-4-5-13(17(18)19)14(10-12)20-3;2*1-16(2)11-6-8-17(9-7-11)12-4-5-13(15)14(10-12)18-3;1-12-7-4-5(8)2-3-6(7)9(10)11;1-9(2)7-3-5-8-6-4-7/h4-5,10-11H,6-9H2,1-3H3;2*4-5,10-11H,6-9,15H2,1-3H3;2-4H,1H3;7-8H,3-6H2,1-2H3. The quantitative estimate of drug-likeness (QED) is 0.0663. The van der Waals surface area contributed by atoms with Gasteiger partial charge in [0.1, 0.15) is 17.3 Å². The molecule has 0 amide bonds. The number of hydrogen-bond acceptors (Lipinski definition) is 18. The second kappa shape index (κ2) is 31.7. The van der Waals surface area contributed by atoms with Crippen LogP contribution in [0.3, 0.4) is 0 Å². The van der Waals surface area contributed by atoms with Crippen LogP contribution in [0.1, 0.15) is 51.4 Å². The molecule has 4 aromatic rings. The summed E-state index contributed by atoms with van der Waals surface area (Å²) in [5.41, 5.74) is 16.3. The SMILES string of the molecule is CN(C)C1CCNCC1.COc1cc(F)ccc1[N+](=O)[O-].COc1cc(N2CCC(N(C)C)CC2)ccc1N.COc1cc(N2CCC(N(C)C)CC2)ccc1N.COc1cc(N2CCC(N(C)C)CC2)ccc1[N+](=O)[O-]. The highest BCUT2D eigenvalue weighted by Gasteiger charge is 2.25. The van der Waals surface area contributed by atoms with Crippen molar-refractivity contribution in [1.82, 2.24) is 24.9 Å². The van der Waals surface area contributed by atoms with Gasteiger partial charge in [-0.2, -0.15) is 0 Å². The van der Waals surface area contributed by atoms with E-state index < -0.39 is 15.7 Å². The fraction of sp³-hybridized carbons (Fsp3) is 0.571. The summed E-state index contributed by atoms with van der Waals surface area (Å²) in [6.45, 7) is 8.69. The minimum Gasteiger partial charge on any atom is -0.495 e. The Morgan fingerprint density at radius 3 is 1.05 bits per heavy atom. The van der Waals surface area contributed by atoms with Gasteiger partial charge in [-0.1, -0.05) is 0 Å². The second-order valence-corrected chi connectivity index (χ2v) is 20.5. The summed E-state index contributed by atoms with van der Waals surface area (Å²) >= 11 is 0. The average molecular weight is 1080 g/mol. The molecule has 0 unspecified atom stereocenters. The molecule has 77 heavy (non-hydrogen) atoms. The molecule has 0 bridgehead atoms. The number of methoxy groups -OCH3 is 4. The molecule has 4 aliphatic rings. The lowest BCUT2D eigenvalue weighted by molar-refractivity contribution is -0.385. The van der Waals surface area contributed by atoms with Crippen molar-refractivity contribution < 1.29 is 33.2 Å². The molecule has 4 aliphatic heterocycles. The Morgan fingerprint density at radius 2 is 0.753 bits per heavy atom. The molecule has 4 heterocycles. The van der Waals surface area contributed by atoms with Gasteiger partial charge in [-0.15, -0.1) is 0 Å². The van der Waals surface area contributed by atoms with Crippen molar-refractivity contribution in [3.63, 3.8) is 0 Å². The van der Waals surface area contributed by atoms with Gasteiger partial charge >= 0.3 is 11.4 Å². The molecule has 0 aromatic heterocycles. The third kappa shape index (κ3) is 19.5. The van der Waals surface area contributed by atoms with Crippen molar-refractivity contribution in [2.75, 3.05) is 163 Å². The molecule has 4 fully saturated rings. The maximum absolute atomic E-state index is 12.5. The van der Waals surface area contributed by atoms with Crippen LogP contribution in [0.25, 0.3) is 0 Å². The van der Waals surface area contributed by atoms with Gasteiger partial charge in [0, 0.05) is 117 Å². The number of hydrogen-bond donors (Lipinski definition) is 3. The lowest BCUT2D eigenvalue weighted by Crippen LogP contribution is -2.41. The zero-order chi connectivity index (χ0) is 56.8. The summed E-state index contributed by atoms with van der Waals surface area (Å²) in [6.07, 6.45) is 9.66. The first kappa shape index (κ1) is 63.1. The van der Waals surface area contributed by atoms with Crippen LogP contribution in [0, 0.1) is 26.0 Å². The molecule has 0 atom stereocenters. The number of ether oxygens (including phenoxy) is 4. The maximum Gasteiger partial charge on any atom is 0.311 e. The predicted molar refractivity (Wildman–Crippen MR) is 310 cm³/mol. The van der Waals surface area contributed by atoms with E-state index in [4.69, 9.17) is 25.7 Å². The van der Waals surface area contributed by atoms with Crippen molar-refractivity contribution in [2.45, 2.75) is 75.5 Å². The monoisotopic (exact) mass is 1080 g/mol. The summed E-state index contributed by atoms with van der Waals surface area (Å²) < 4.78 is 32.8. The molecule has 428 valence electrons. The van der Waals surface area contributed by atoms with Gasteiger partial charge in [0.15, 0.2) is 11.5 Å². The molecule has 0 aliphatic carbocycles. The Balaban J connectivity index is 0.000000213. The number of nitro benzene ring substituents is 2. The summed E-state index contributed by atoms with van der Waals surface area (Å²) in [7, 11) is 23.2. The second-order valence-electron chi connectivity index (χ2n) is 20.5. The van der Waals surface area contributed by atoms with Crippen LogP contribution in [-0.2, 0) is 0 Å². The molecule has 20 nitrogen and oxygen atoms in total. The summed E-state index contributed by atoms with van der Waals surface area (Å²) in [5, 5.41) is 24.5. The van der Waals surface area contributed by atoms with Crippen LogP contribution in [0.2, 0.25) is 0 Å². The Kier molecular flexibility index (Phi) is 26.0. The normalized spacial score (nSPS) is 16.5. The lowest BCUT2D eigenvalue weighted by Gasteiger charge is -2.36. The number of rotatable bonds is 13. The van der Waals surface area contributed by atoms with Crippen LogP contribution in [-0.4, -0.2) is 191 Å². The third-order valence-corrected chi connectivity index (χ3v) is 14.9. The Morgan fingerprint density at radius 1 is 0.468 bits per heavy atom. The highest BCUT2D eigenvalue weighted by atomic mass is 19.1. The first-order valence-corrected chi connectivity index (χ1v) is 26.5. The van der Waals surface area contributed by atoms with E-state index in [-0.39, 0.29) is 17.1 Å². The summed E-state index contributed by atoms with van der Waals surface area (Å²) in [4.78, 5) is 36.4. The van der Waals surface area contributed by atoms with Crippen molar-refractivity contribution in [3.8, 4) is 23.0 Å². The first-order valence-electron chi connectivity index (χ1n) is 26.5. The number of nitrogens with one attached hydrogen (secondary N) is 1. The number of nitrogens with two attached hydrogens (primary N) is 2. The van der Waals surface area contributed by atoms with E-state index in [9.17, 15) is 24.6 Å². The number of nitrogens with zero attached hydrogens (tertiary/aromatic N) is 9. The maximum atomic E-state index is 12.5. The molecule has 0 radical (unpaired) electrons. The molecule has 0 spiro atoms. The predicted octanol–water partition coefficient (Wildman–Crippen LogP) is 7.79. The number of halogens is 1. The molecule has 8 rings (SSSR count). The molecule has 5 N–H and O–H groups in total. The van der Waals surface area contributed by atoms with Crippen molar-refractivity contribution >= 4 is 39.8 Å². The number of benzene rings is 4. The van der Waals surface area contributed by atoms with Crippen LogP contribution in [0.5, 0.6) is 23.0 Å². The number of nitrogen functional groups attached to an aromatic ring is 2. The van der Waals surface area contributed by atoms with Gasteiger partial charge < -0.3 is 70.0 Å². The minimum atomic E-state index is -0.627. The van der Waals surface area contributed by atoms with Gasteiger partial charge in [0.05, 0.1) is 49.7 Å². The number of piperidine rings is 4. The number of nitro groups is 2. The van der Waals surface area contributed by atoms with Crippen molar-refractivity contribution in [2.24, 2.45) is 0 Å². The zero-order valence-corrected chi connectivity index (χ0v) is 47.9. The third-order valence-electron chi connectivity index (χ3n) is 14.9. The van der Waals surface area contributed by atoms with E-state index in [1.54, 1.807) is 26.4 Å². The van der Waals surface area contributed by atoms with Crippen LogP contribution >= 0.6 is 0 Å². The van der Waals surface area contributed by atoms with Crippen molar-refractivity contribution in [3.05, 3.63) is 98.8 Å². The van der Waals surface area contributed by atoms with E-state index in [0.717, 1.165) is 93.5 Å². The van der Waals surface area contributed by atoms with E-state index in [2.05, 4.69) is 113 Å². The Labute approximate surface area is 457 Å². The average Bonchev–Trinajstić information content (AvgIpc) is 3.44. The van der Waals surface area contributed by atoms with Crippen molar-refractivity contribution in [1.29, 1.82) is 0 Å². The highest BCUT2D eigenvalue weighted by Crippen LogP contribution is 2.34.